The Morgan fingerprint density at radius 3 is 2.72 bits per heavy atom. The van der Waals surface area contributed by atoms with Crippen LogP contribution in [0.2, 0.25) is 0 Å². The predicted octanol–water partition coefficient (Wildman–Crippen LogP) is 4.18. The highest BCUT2D eigenvalue weighted by Crippen LogP contribution is 2.31. The molecule has 1 aromatic heterocycles. The van der Waals surface area contributed by atoms with Gasteiger partial charge in [0.25, 0.3) is 11.8 Å². The van der Waals surface area contributed by atoms with Gasteiger partial charge in [0.2, 0.25) is 0 Å². The molecule has 0 bridgehead atoms. The smallest absolute Gasteiger partial charge is 0.263 e. The van der Waals surface area contributed by atoms with Crippen molar-refractivity contribution in [2.45, 2.75) is 38.5 Å². The maximum absolute atomic E-state index is 14.0. The number of hydrogen-bond acceptors (Lipinski definition) is 4. The number of hydrogen-bond donors (Lipinski definition) is 3. The SMILES string of the molecule is C/C=C(\NC)c1cc(C(=O)NCCC2CCNCC2(F)F)cc(C(C)c2ccccc2)n1. The van der Waals surface area contributed by atoms with Crippen LogP contribution in [0.15, 0.2) is 48.5 Å². The van der Waals surface area contributed by atoms with Crippen molar-refractivity contribution < 1.29 is 13.6 Å². The highest BCUT2D eigenvalue weighted by Gasteiger charge is 2.40. The summed E-state index contributed by atoms with van der Waals surface area (Å²) < 4.78 is 28.1. The maximum Gasteiger partial charge on any atom is 0.263 e. The maximum atomic E-state index is 14.0. The number of aromatic nitrogens is 1. The number of carbonyl (C=O) groups excluding carboxylic acids is 1. The van der Waals surface area contributed by atoms with Crippen molar-refractivity contribution in [3.63, 3.8) is 0 Å². The molecule has 0 spiro atoms. The van der Waals surface area contributed by atoms with Gasteiger partial charge in [-0.05, 0) is 44.0 Å². The fourth-order valence-electron chi connectivity index (χ4n) is 4.08. The van der Waals surface area contributed by atoms with Crippen molar-refractivity contribution in [1.82, 2.24) is 20.9 Å². The van der Waals surface area contributed by atoms with E-state index in [0.717, 1.165) is 17.0 Å². The van der Waals surface area contributed by atoms with Crippen molar-refractivity contribution in [2.75, 3.05) is 26.7 Å². The number of halogens is 2. The minimum Gasteiger partial charge on any atom is -0.387 e. The first-order chi connectivity index (χ1) is 15.4. The van der Waals surface area contributed by atoms with Crippen molar-refractivity contribution in [3.8, 4) is 0 Å². The molecule has 32 heavy (non-hydrogen) atoms. The summed E-state index contributed by atoms with van der Waals surface area (Å²) in [5, 5.41) is 8.68. The summed E-state index contributed by atoms with van der Waals surface area (Å²) in [6.07, 6.45) is 2.57. The zero-order valence-corrected chi connectivity index (χ0v) is 18.9. The van der Waals surface area contributed by atoms with Crippen LogP contribution in [0.5, 0.6) is 0 Å². The number of rotatable bonds is 8. The van der Waals surface area contributed by atoms with E-state index in [1.54, 1.807) is 12.1 Å². The van der Waals surface area contributed by atoms with Crippen LogP contribution in [0.1, 0.15) is 59.9 Å². The number of nitrogens with zero attached hydrogens (tertiary/aromatic N) is 1. The highest BCUT2D eigenvalue weighted by atomic mass is 19.3. The van der Waals surface area contributed by atoms with E-state index in [-0.39, 0.29) is 31.3 Å². The van der Waals surface area contributed by atoms with E-state index in [0.29, 0.717) is 24.2 Å². The lowest BCUT2D eigenvalue weighted by Crippen LogP contribution is -2.47. The van der Waals surface area contributed by atoms with Crippen molar-refractivity contribution in [2.24, 2.45) is 5.92 Å². The van der Waals surface area contributed by atoms with Gasteiger partial charge in [-0.3, -0.25) is 9.78 Å². The molecule has 2 atom stereocenters. The van der Waals surface area contributed by atoms with Crippen LogP contribution in [-0.2, 0) is 0 Å². The van der Waals surface area contributed by atoms with Crippen LogP contribution >= 0.6 is 0 Å². The summed E-state index contributed by atoms with van der Waals surface area (Å²) in [5.74, 6) is -3.74. The van der Waals surface area contributed by atoms with Crippen LogP contribution in [-0.4, -0.2) is 43.5 Å². The fraction of sp³-hybridized carbons (Fsp3) is 0.440. The summed E-state index contributed by atoms with van der Waals surface area (Å²) >= 11 is 0. The fourth-order valence-corrected chi connectivity index (χ4v) is 4.08. The van der Waals surface area contributed by atoms with Gasteiger partial charge >= 0.3 is 0 Å². The summed E-state index contributed by atoms with van der Waals surface area (Å²) in [6, 6.07) is 13.5. The van der Waals surface area contributed by atoms with E-state index < -0.39 is 11.8 Å². The quantitative estimate of drug-likeness (QED) is 0.574. The first-order valence-corrected chi connectivity index (χ1v) is 11.1. The lowest BCUT2D eigenvalue weighted by Gasteiger charge is -2.31. The monoisotopic (exact) mass is 442 g/mol. The van der Waals surface area contributed by atoms with Gasteiger partial charge in [0.15, 0.2) is 0 Å². The van der Waals surface area contributed by atoms with Gasteiger partial charge in [0, 0.05) is 36.7 Å². The van der Waals surface area contributed by atoms with Gasteiger partial charge < -0.3 is 16.0 Å². The Hall–Kier alpha value is -2.80. The Balaban J connectivity index is 1.79. The largest absolute Gasteiger partial charge is 0.387 e. The Kier molecular flexibility index (Phi) is 7.96. The summed E-state index contributed by atoms with van der Waals surface area (Å²) in [4.78, 5) is 17.7. The van der Waals surface area contributed by atoms with Crippen LogP contribution < -0.4 is 16.0 Å². The Morgan fingerprint density at radius 2 is 2.06 bits per heavy atom. The number of alkyl halides is 2. The molecule has 0 saturated carbocycles. The van der Waals surface area contributed by atoms with Gasteiger partial charge in [0.1, 0.15) is 0 Å². The third kappa shape index (κ3) is 5.71. The van der Waals surface area contributed by atoms with E-state index in [9.17, 15) is 13.6 Å². The second-order valence-electron chi connectivity index (χ2n) is 8.22. The number of allylic oxidation sites excluding steroid dienone is 1. The molecule has 2 aromatic rings. The molecule has 1 saturated heterocycles. The Bertz CT molecular complexity index is 946. The molecule has 2 heterocycles. The zero-order valence-electron chi connectivity index (χ0n) is 18.9. The molecule has 5 nitrogen and oxygen atoms in total. The molecule has 1 aliphatic heterocycles. The molecule has 172 valence electrons. The van der Waals surface area contributed by atoms with Crippen molar-refractivity contribution in [3.05, 3.63) is 71.1 Å². The van der Waals surface area contributed by atoms with E-state index >= 15 is 0 Å². The molecule has 1 aromatic carbocycles. The number of benzene rings is 1. The van der Waals surface area contributed by atoms with Crippen molar-refractivity contribution in [1.29, 1.82) is 0 Å². The summed E-state index contributed by atoms with van der Waals surface area (Å²) in [7, 11) is 1.81. The van der Waals surface area contributed by atoms with Crippen LogP contribution in [0, 0.1) is 5.92 Å². The number of amides is 1. The van der Waals surface area contributed by atoms with Crippen LogP contribution in [0.4, 0.5) is 8.78 Å². The first-order valence-electron chi connectivity index (χ1n) is 11.1. The number of pyridine rings is 1. The van der Waals surface area contributed by atoms with Gasteiger partial charge in [0.05, 0.1) is 17.9 Å². The predicted molar refractivity (Wildman–Crippen MR) is 124 cm³/mol. The highest BCUT2D eigenvalue weighted by molar-refractivity contribution is 5.95. The molecule has 3 rings (SSSR count). The molecular weight excluding hydrogens is 410 g/mol. The summed E-state index contributed by atoms with van der Waals surface area (Å²) in [5.41, 5.74) is 3.83. The second-order valence-corrected chi connectivity index (χ2v) is 8.22. The van der Waals surface area contributed by atoms with E-state index in [1.807, 2.05) is 50.4 Å². The molecule has 0 radical (unpaired) electrons. The number of carbonyl (C=O) groups is 1. The average molecular weight is 443 g/mol. The molecule has 1 aliphatic rings. The Labute approximate surface area is 188 Å². The third-order valence-electron chi connectivity index (χ3n) is 6.09. The molecule has 7 heteroatoms. The molecular formula is C25H32F2N4O. The van der Waals surface area contributed by atoms with E-state index in [1.165, 1.54) is 0 Å². The third-order valence-corrected chi connectivity index (χ3v) is 6.09. The van der Waals surface area contributed by atoms with Crippen LogP contribution in [0.25, 0.3) is 5.70 Å². The minimum absolute atomic E-state index is 0.00825. The first kappa shape index (κ1) is 23.9. The molecule has 3 N–H and O–H groups in total. The zero-order chi connectivity index (χ0) is 23.1. The molecule has 1 amide bonds. The van der Waals surface area contributed by atoms with E-state index in [2.05, 4.69) is 22.9 Å². The van der Waals surface area contributed by atoms with Gasteiger partial charge in [-0.1, -0.05) is 43.3 Å². The lowest BCUT2D eigenvalue weighted by molar-refractivity contribution is -0.0754. The standard InChI is InChI=1S/C25H32F2N4O/c1-4-21(28-3)23-15-19(14-22(31-23)17(2)18-8-6-5-7-9-18)24(32)30-13-11-20-10-12-29-16-25(20,26)27/h4-9,14-15,17,20,28-29H,10-13,16H2,1-3H3,(H,30,32)/b21-4-. The Morgan fingerprint density at radius 1 is 1.31 bits per heavy atom. The normalized spacial score (nSPS) is 19.3. The van der Waals surface area contributed by atoms with Crippen LogP contribution in [0.3, 0.4) is 0 Å². The summed E-state index contributed by atoms with van der Waals surface area (Å²) in [6.45, 7) is 4.45. The second kappa shape index (κ2) is 10.7. The van der Waals surface area contributed by atoms with Gasteiger partial charge in [-0.25, -0.2) is 8.78 Å². The molecule has 0 aliphatic carbocycles. The average Bonchev–Trinajstić information content (AvgIpc) is 2.80. The van der Waals surface area contributed by atoms with Gasteiger partial charge in [-0.15, -0.1) is 0 Å². The molecule has 1 fully saturated rings. The van der Waals surface area contributed by atoms with Gasteiger partial charge in [-0.2, -0.15) is 0 Å². The minimum atomic E-state index is -2.74. The van der Waals surface area contributed by atoms with E-state index in [4.69, 9.17) is 4.98 Å². The number of piperidine rings is 1. The molecule has 2 unspecified atom stereocenters. The number of nitrogens with one attached hydrogen (secondary N) is 3. The van der Waals surface area contributed by atoms with Crippen molar-refractivity contribution >= 4 is 11.6 Å². The lowest BCUT2D eigenvalue weighted by atomic mass is 9.91. The topological polar surface area (TPSA) is 66.1 Å².